The van der Waals surface area contributed by atoms with E-state index in [4.69, 9.17) is 18.9 Å². The number of hydrogen-bond donors (Lipinski definition) is 0. The summed E-state index contributed by atoms with van der Waals surface area (Å²) in [4.78, 5) is 1.90. The number of ether oxygens (including phenoxy) is 4. The van der Waals surface area contributed by atoms with E-state index < -0.39 is 5.91 Å². The zero-order chi connectivity index (χ0) is 14.0. The molecule has 0 aromatic rings. The molecule has 0 amide bonds. The maximum atomic E-state index is 5.78. The molecule has 109 valence electrons. The fourth-order valence-corrected chi connectivity index (χ4v) is 1.66. The number of hydrogen-bond acceptors (Lipinski definition) is 5. The Kier molecular flexibility index (Phi) is 9.59. The molecule has 0 atom stereocenters. The molecule has 0 rings (SSSR count). The zero-order valence-electron chi connectivity index (χ0n) is 12.6. The van der Waals surface area contributed by atoms with Crippen LogP contribution in [0.3, 0.4) is 0 Å². The highest BCUT2D eigenvalue weighted by molar-refractivity contribution is 4.78. The summed E-state index contributed by atoms with van der Waals surface area (Å²) in [6.07, 6.45) is 0.985. The molecule has 0 aliphatic carbocycles. The Morgan fingerprint density at radius 2 is 1.28 bits per heavy atom. The highest BCUT2D eigenvalue weighted by atomic mass is 16.7. The van der Waals surface area contributed by atoms with Gasteiger partial charge in [-0.15, -0.1) is 0 Å². The van der Waals surface area contributed by atoms with Crippen LogP contribution in [0.1, 0.15) is 34.1 Å². The maximum Gasteiger partial charge on any atom is 0.234 e. The van der Waals surface area contributed by atoms with E-state index in [-0.39, 0.29) is 0 Å². The van der Waals surface area contributed by atoms with Gasteiger partial charge >= 0.3 is 0 Å². The van der Waals surface area contributed by atoms with Crippen LogP contribution in [0.2, 0.25) is 0 Å². The molecule has 0 saturated heterocycles. The second kappa shape index (κ2) is 9.69. The first-order valence-electron chi connectivity index (χ1n) is 6.62. The topological polar surface area (TPSA) is 40.2 Å². The Morgan fingerprint density at radius 1 is 0.833 bits per heavy atom. The van der Waals surface area contributed by atoms with Gasteiger partial charge in [0.1, 0.15) is 0 Å². The summed E-state index contributed by atoms with van der Waals surface area (Å²) in [7, 11) is 3.83. The Morgan fingerprint density at radius 3 is 1.56 bits per heavy atom. The lowest BCUT2D eigenvalue weighted by Crippen LogP contribution is -2.50. The molecule has 0 aliphatic heterocycles. The van der Waals surface area contributed by atoms with E-state index in [2.05, 4.69) is 0 Å². The van der Waals surface area contributed by atoms with Gasteiger partial charge in [0.15, 0.2) is 0 Å². The minimum atomic E-state index is -0.830. The van der Waals surface area contributed by atoms with E-state index in [1.807, 2.05) is 46.7 Å². The Bertz CT molecular complexity index is 187. The lowest BCUT2D eigenvalue weighted by molar-refractivity contribution is -0.317. The molecule has 18 heavy (non-hydrogen) atoms. The van der Waals surface area contributed by atoms with Crippen molar-refractivity contribution >= 4 is 0 Å². The van der Waals surface area contributed by atoms with E-state index in [0.717, 1.165) is 0 Å². The highest BCUT2D eigenvalue weighted by Crippen LogP contribution is 2.28. The summed E-state index contributed by atoms with van der Waals surface area (Å²) < 4.78 is 22.5. The molecular weight excluding hydrogens is 234 g/mol. The molecular formula is C13H28NO4. The van der Waals surface area contributed by atoms with Crippen LogP contribution in [0, 0.1) is 6.29 Å². The van der Waals surface area contributed by atoms with Crippen molar-refractivity contribution in [1.29, 1.82) is 0 Å². The quantitative estimate of drug-likeness (QED) is 0.534. The largest absolute Gasteiger partial charge is 0.345 e. The van der Waals surface area contributed by atoms with Gasteiger partial charge in [-0.3, -0.25) is 4.90 Å². The van der Waals surface area contributed by atoms with E-state index in [1.54, 1.807) is 0 Å². The van der Waals surface area contributed by atoms with Crippen LogP contribution >= 0.6 is 0 Å². The third-order valence-electron chi connectivity index (χ3n) is 2.40. The first-order valence-corrected chi connectivity index (χ1v) is 6.62. The molecule has 0 saturated carbocycles. The van der Waals surface area contributed by atoms with Crippen LogP contribution in [0.4, 0.5) is 0 Å². The molecule has 0 aliphatic rings. The molecule has 0 unspecified atom stereocenters. The predicted molar refractivity (Wildman–Crippen MR) is 70.8 cm³/mol. The van der Waals surface area contributed by atoms with Crippen LogP contribution in [0.5, 0.6) is 0 Å². The van der Waals surface area contributed by atoms with Gasteiger partial charge in [0.05, 0.1) is 6.42 Å². The highest BCUT2D eigenvalue weighted by Gasteiger charge is 2.38. The van der Waals surface area contributed by atoms with Crippen LogP contribution in [-0.4, -0.2) is 51.3 Å². The Hall–Kier alpha value is -0.200. The van der Waals surface area contributed by atoms with Gasteiger partial charge in [-0.05, 0) is 41.8 Å². The molecule has 0 fully saturated rings. The molecule has 0 N–H and O–H groups in total. The zero-order valence-corrected chi connectivity index (χ0v) is 12.6. The van der Waals surface area contributed by atoms with E-state index in [0.29, 0.717) is 39.1 Å². The van der Waals surface area contributed by atoms with Crippen LogP contribution in [0.25, 0.3) is 0 Å². The van der Waals surface area contributed by atoms with Crippen molar-refractivity contribution in [2.24, 2.45) is 0 Å². The van der Waals surface area contributed by atoms with Crippen molar-refractivity contribution in [1.82, 2.24) is 4.90 Å². The van der Waals surface area contributed by atoms with Crippen LogP contribution in [0.15, 0.2) is 0 Å². The second-order valence-corrected chi connectivity index (χ2v) is 3.89. The molecule has 1 radical (unpaired) electrons. The lowest BCUT2D eigenvalue weighted by Gasteiger charge is -2.39. The van der Waals surface area contributed by atoms with Crippen molar-refractivity contribution in [3.05, 3.63) is 6.29 Å². The predicted octanol–water partition coefficient (Wildman–Crippen LogP) is 2.23. The average Bonchev–Trinajstić information content (AvgIpc) is 2.30. The number of nitrogens with zero attached hydrogens (tertiary/aromatic N) is 1. The smallest absolute Gasteiger partial charge is 0.234 e. The molecule has 0 bridgehead atoms. The third kappa shape index (κ3) is 5.63. The summed E-state index contributed by atoms with van der Waals surface area (Å²) >= 11 is 0. The van der Waals surface area contributed by atoms with E-state index in [9.17, 15) is 0 Å². The Labute approximate surface area is 111 Å². The minimum Gasteiger partial charge on any atom is -0.345 e. The summed E-state index contributed by atoms with van der Waals surface area (Å²) in [5.41, 5.74) is 0. The fourth-order valence-electron chi connectivity index (χ4n) is 1.66. The first-order chi connectivity index (χ1) is 8.56. The van der Waals surface area contributed by atoms with E-state index in [1.165, 1.54) is 0 Å². The fraction of sp³-hybridized carbons (Fsp3) is 0.923. The average molecular weight is 262 g/mol. The Balaban J connectivity index is 4.79. The normalized spacial score (nSPS) is 12.7. The van der Waals surface area contributed by atoms with Crippen molar-refractivity contribution < 1.29 is 18.9 Å². The van der Waals surface area contributed by atoms with Crippen molar-refractivity contribution in [2.45, 2.75) is 40.0 Å². The molecule has 0 heterocycles. The number of rotatable bonds is 11. The van der Waals surface area contributed by atoms with Gasteiger partial charge in [0, 0.05) is 26.4 Å². The second-order valence-electron chi connectivity index (χ2n) is 3.89. The first kappa shape index (κ1) is 17.8. The van der Waals surface area contributed by atoms with Gasteiger partial charge in [-0.1, -0.05) is 0 Å². The summed E-state index contributed by atoms with van der Waals surface area (Å²) in [5, 5.41) is 0. The molecule has 0 aromatic carbocycles. The van der Waals surface area contributed by atoms with Crippen molar-refractivity contribution in [3.63, 3.8) is 0 Å². The van der Waals surface area contributed by atoms with Gasteiger partial charge in [-0.2, -0.15) is 0 Å². The van der Waals surface area contributed by atoms with Crippen LogP contribution in [-0.2, 0) is 18.9 Å². The monoisotopic (exact) mass is 262 g/mol. The van der Waals surface area contributed by atoms with Crippen molar-refractivity contribution in [2.75, 3.05) is 40.5 Å². The van der Waals surface area contributed by atoms with E-state index >= 15 is 0 Å². The van der Waals surface area contributed by atoms with Gasteiger partial charge in [0.25, 0.3) is 0 Å². The maximum absolute atomic E-state index is 5.78. The molecule has 0 aromatic heterocycles. The SMILES string of the molecule is CCO[C](CC(OCC)(OCC)N(C)C)OCC. The van der Waals surface area contributed by atoms with Gasteiger partial charge < -0.3 is 18.9 Å². The summed E-state index contributed by atoms with van der Waals surface area (Å²) in [6, 6.07) is 0. The standard InChI is InChI=1S/C13H28NO4/c1-7-15-12(16-8-2)11-13(14(5)6,17-9-3)18-10-4/h7-11H2,1-6H3. The minimum absolute atomic E-state index is 0.434. The molecule has 5 heteroatoms. The van der Waals surface area contributed by atoms with Gasteiger partial charge in [0.2, 0.25) is 12.2 Å². The third-order valence-corrected chi connectivity index (χ3v) is 2.40. The van der Waals surface area contributed by atoms with Crippen molar-refractivity contribution in [3.8, 4) is 0 Å². The molecule has 5 nitrogen and oxygen atoms in total. The summed E-state index contributed by atoms with van der Waals surface area (Å²) in [5.74, 6) is -0.830. The lowest BCUT2D eigenvalue weighted by atomic mass is 10.2. The summed E-state index contributed by atoms with van der Waals surface area (Å²) in [6.45, 7) is 9.99. The molecule has 0 spiro atoms. The van der Waals surface area contributed by atoms with Crippen LogP contribution < -0.4 is 0 Å². The van der Waals surface area contributed by atoms with Gasteiger partial charge in [-0.25, -0.2) is 0 Å².